The number of ketones is 1. The van der Waals surface area contributed by atoms with Gasteiger partial charge in [0.1, 0.15) is 5.69 Å². The highest BCUT2D eigenvalue weighted by Gasteiger charge is 1.97. The first-order chi connectivity index (χ1) is 3.80. The third-order valence-electron chi connectivity index (χ3n) is 0.811. The minimum atomic E-state index is -0.0394. The molecule has 0 saturated heterocycles. The minimum Gasteiger partial charge on any atom is -0.341 e. The molecule has 0 amide bonds. The number of hydrogen-bond acceptors (Lipinski definition) is 2. The maximum Gasteiger partial charge on any atom is 0.179 e. The van der Waals surface area contributed by atoms with E-state index in [0.717, 1.165) is 0 Å². The molecule has 1 aromatic heterocycles. The maximum absolute atomic E-state index is 10.4. The molecule has 0 aromatic carbocycles. The quantitative estimate of drug-likeness (QED) is 0.531. The summed E-state index contributed by atoms with van der Waals surface area (Å²) in [5, 5.41) is 0. The number of nitrogens with one attached hydrogen (secondary N) is 1. The zero-order valence-corrected chi connectivity index (χ0v) is 4.43. The Morgan fingerprint density at radius 1 is 2.00 bits per heavy atom. The lowest BCUT2D eigenvalue weighted by atomic mass is 10.3. The van der Waals surface area contributed by atoms with E-state index in [-0.39, 0.29) is 5.78 Å². The summed E-state index contributed by atoms with van der Waals surface area (Å²) in [5.41, 5.74) is 0.435. The van der Waals surface area contributed by atoms with E-state index in [9.17, 15) is 4.79 Å². The Bertz CT molecular complexity index is 178. The Morgan fingerprint density at radius 3 is 3.00 bits per heavy atom. The van der Waals surface area contributed by atoms with Gasteiger partial charge in [-0.2, -0.15) is 0 Å². The van der Waals surface area contributed by atoms with Gasteiger partial charge in [0.05, 0.1) is 0 Å². The molecule has 8 heavy (non-hydrogen) atoms. The van der Waals surface area contributed by atoms with Gasteiger partial charge in [0, 0.05) is 13.1 Å². The van der Waals surface area contributed by atoms with E-state index in [0.29, 0.717) is 5.69 Å². The lowest BCUT2D eigenvalue weighted by Gasteiger charge is -1.77. The van der Waals surface area contributed by atoms with E-state index in [1.165, 1.54) is 13.1 Å². The van der Waals surface area contributed by atoms with E-state index < -0.39 is 0 Å². The molecule has 0 atom stereocenters. The summed E-state index contributed by atoms with van der Waals surface area (Å²) in [6.07, 6.45) is 3.93. The van der Waals surface area contributed by atoms with Crippen LogP contribution >= 0.6 is 0 Å². The molecule has 41 valence electrons. The van der Waals surface area contributed by atoms with Gasteiger partial charge in [-0.25, -0.2) is 4.98 Å². The highest BCUT2D eigenvalue weighted by Crippen LogP contribution is 1.88. The molecule has 1 aromatic rings. The van der Waals surface area contributed by atoms with Crippen LogP contribution < -0.4 is 0 Å². The predicted octanol–water partition coefficient (Wildman–Crippen LogP) is 0.412. The van der Waals surface area contributed by atoms with Crippen LogP contribution in [0.5, 0.6) is 0 Å². The molecule has 1 rings (SSSR count). The summed E-state index contributed by atoms with van der Waals surface area (Å²) in [6, 6.07) is 0. The van der Waals surface area contributed by atoms with E-state index >= 15 is 0 Å². The molecule has 1 radical (unpaired) electrons. The predicted molar refractivity (Wildman–Crippen MR) is 27.4 cm³/mol. The summed E-state index contributed by atoms with van der Waals surface area (Å²) in [7, 11) is 0. The van der Waals surface area contributed by atoms with Crippen LogP contribution in [0.2, 0.25) is 0 Å². The normalized spacial score (nSPS) is 9.12. The lowest BCUT2D eigenvalue weighted by molar-refractivity contribution is 0.101. The van der Waals surface area contributed by atoms with Crippen LogP contribution in [0.4, 0.5) is 0 Å². The van der Waals surface area contributed by atoms with Gasteiger partial charge >= 0.3 is 0 Å². The molecule has 0 spiro atoms. The minimum absolute atomic E-state index is 0.0394. The largest absolute Gasteiger partial charge is 0.341 e. The molecule has 0 bridgehead atoms. The molecule has 0 unspecified atom stereocenters. The van der Waals surface area contributed by atoms with Crippen LogP contribution in [-0.4, -0.2) is 15.8 Å². The van der Waals surface area contributed by atoms with Crippen LogP contribution in [0.15, 0.2) is 6.20 Å². The third-order valence-corrected chi connectivity index (χ3v) is 0.811. The van der Waals surface area contributed by atoms with Gasteiger partial charge in [0.2, 0.25) is 0 Å². The molecule has 0 aliphatic carbocycles. The van der Waals surface area contributed by atoms with E-state index in [4.69, 9.17) is 0 Å². The fourth-order valence-electron chi connectivity index (χ4n) is 0.406. The van der Waals surface area contributed by atoms with Gasteiger partial charge < -0.3 is 4.98 Å². The van der Waals surface area contributed by atoms with Crippen LogP contribution in [0.3, 0.4) is 0 Å². The Kier molecular flexibility index (Phi) is 1.12. The molecule has 3 heteroatoms. The van der Waals surface area contributed by atoms with E-state index in [1.54, 1.807) is 0 Å². The fraction of sp³-hybridized carbons (Fsp3) is 0.200. The fourth-order valence-corrected chi connectivity index (χ4v) is 0.406. The van der Waals surface area contributed by atoms with Crippen molar-refractivity contribution >= 4 is 5.78 Å². The molecule has 0 fully saturated rings. The number of imidazole rings is 1. The molecule has 0 aliphatic rings. The highest BCUT2D eigenvalue weighted by molar-refractivity contribution is 5.91. The number of nitrogens with zero attached hydrogens (tertiary/aromatic N) is 1. The van der Waals surface area contributed by atoms with Crippen molar-refractivity contribution in [2.24, 2.45) is 0 Å². The van der Waals surface area contributed by atoms with Crippen LogP contribution in [0.25, 0.3) is 0 Å². The lowest BCUT2D eigenvalue weighted by Crippen LogP contribution is -1.89. The van der Waals surface area contributed by atoms with Gasteiger partial charge in [0.25, 0.3) is 0 Å². The average molecular weight is 109 g/mol. The van der Waals surface area contributed by atoms with Crippen molar-refractivity contribution in [1.82, 2.24) is 9.97 Å². The number of aromatic nitrogens is 2. The Hall–Kier alpha value is -1.12. The molecule has 3 nitrogen and oxygen atoms in total. The smallest absolute Gasteiger partial charge is 0.179 e. The van der Waals surface area contributed by atoms with Gasteiger partial charge in [-0.3, -0.25) is 4.79 Å². The number of Topliss-reactive ketones (excluding diaryl/α,β-unsaturated/α-hetero) is 1. The second-order valence-electron chi connectivity index (χ2n) is 1.45. The average Bonchev–Trinajstić information content (AvgIpc) is 2.12. The van der Waals surface area contributed by atoms with Crippen molar-refractivity contribution in [3.63, 3.8) is 0 Å². The second kappa shape index (κ2) is 1.78. The van der Waals surface area contributed by atoms with Crippen molar-refractivity contribution in [2.45, 2.75) is 6.92 Å². The molecule has 1 N–H and O–H groups in total. The monoisotopic (exact) mass is 109 g/mol. The number of H-pyrrole nitrogens is 1. The summed E-state index contributed by atoms with van der Waals surface area (Å²) < 4.78 is 0. The third kappa shape index (κ3) is 0.753. The standard InChI is InChI=1S/C5H5N2O/c1-4(8)5-2-6-3-7-5/h2H,1H3,(H,6,7). The van der Waals surface area contributed by atoms with Gasteiger partial charge in [-0.1, -0.05) is 0 Å². The highest BCUT2D eigenvalue weighted by atomic mass is 16.1. The zero-order chi connectivity index (χ0) is 5.98. The first-order valence-electron chi connectivity index (χ1n) is 2.23. The van der Waals surface area contributed by atoms with Crippen LogP contribution in [-0.2, 0) is 0 Å². The van der Waals surface area contributed by atoms with Crippen LogP contribution in [0.1, 0.15) is 17.4 Å². The summed E-state index contributed by atoms with van der Waals surface area (Å²) >= 11 is 0. The molecular weight excluding hydrogens is 104 g/mol. The molecule has 0 aliphatic heterocycles. The summed E-state index contributed by atoms with van der Waals surface area (Å²) in [4.78, 5) is 16.5. The first-order valence-corrected chi connectivity index (χ1v) is 2.23. The topological polar surface area (TPSA) is 45.8 Å². The second-order valence-corrected chi connectivity index (χ2v) is 1.45. The van der Waals surface area contributed by atoms with E-state index in [2.05, 4.69) is 16.3 Å². The maximum atomic E-state index is 10.4. The van der Waals surface area contributed by atoms with E-state index in [1.807, 2.05) is 0 Å². The van der Waals surface area contributed by atoms with Crippen LogP contribution in [0, 0.1) is 6.33 Å². The molecule has 1 heterocycles. The van der Waals surface area contributed by atoms with Crippen molar-refractivity contribution in [2.75, 3.05) is 0 Å². The Balaban J connectivity index is 2.93. The number of hydrogen-bond donors (Lipinski definition) is 1. The van der Waals surface area contributed by atoms with Crippen molar-refractivity contribution in [1.29, 1.82) is 0 Å². The summed E-state index contributed by atoms with van der Waals surface area (Å²) in [5.74, 6) is -0.0394. The first kappa shape index (κ1) is 5.03. The Labute approximate surface area is 46.8 Å². The molecular formula is C5H5N2O. The van der Waals surface area contributed by atoms with Gasteiger partial charge in [-0.15, -0.1) is 0 Å². The number of carbonyl (C=O) groups excluding carboxylic acids is 1. The van der Waals surface area contributed by atoms with Crippen molar-refractivity contribution < 1.29 is 4.79 Å². The number of rotatable bonds is 1. The SMILES string of the molecule is CC(=O)c1c[nH][c]n1. The summed E-state index contributed by atoms with van der Waals surface area (Å²) in [6.45, 7) is 1.46. The van der Waals surface area contributed by atoms with Crippen molar-refractivity contribution in [3.8, 4) is 0 Å². The van der Waals surface area contributed by atoms with Gasteiger partial charge in [0.15, 0.2) is 12.1 Å². The van der Waals surface area contributed by atoms with Gasteiger partial charge in [-0.05, 0) is 0 Å². The molecule has 0 saturated carbocycles. The number of aromatic amines is 1. The number of carbonyl (C=O) groups is 1. The Morgan fingerprint density at radius 2 is 2.75 bits per heavy atom. The van der Waals surface area contributed by atoms with Crippen molar-refractivity contribution in [3.05, 3.63) is 18.2 Å². The zero-order valence-electron chi connectivity index (χ0n) is 4.43.